The highest BCUT2D eigenvalue weighted by atomic mass is 32.1. The van der Waals surface area contributed by atoms with Crippen molar-refractivity contribution in [3.63, 3.8) is 0 Å². The van der Waals surface area contributed by atoms with Gasteiger partial charge in [-0.15, -0.1) is 0 Å². The van der Waals surface area contributed by atoms with E-state index in [0.29, 0.717) is 5.11 Å². The monoisotopic (exact) mass is 525 g/mol. The zero-order chi connectivity index (χ0) is 26.1. The summed E-state index contributed by atoms with van der Waals surface area (Å²) in [5, 5.41) is 4.27. The number of pyridine rings is 1. The lowest BCUT2D eigenvalue weighted by molar-refractivity contribution is 0.122. The van der Waals surface area contributed by atoms with Crippen LogP contribution in [-0.2, 0) is 4.74 Å². The number of morpholine rings is 1. The van der Waals surface area contributed by atoms with Gasteiger partial charge in [-0.1, -0.05) is 6.07 Å². The van der Waals surface area contributed by atoms with Gasteiger partial charge >= 0.3 is 0 Å². The van der Waals surface area contributed by atoms with Crippen molar-refractivity contribution in [2.45, 2.75) is 19.0 Å². The number of benzene rings is 2. The van der Waals surface area contributed by atoms with Gasteiger partial charge in [0.05, 0.1) is 32.1 Å². The largest absolute Gasteiger partial charge is 0.497 e. The van der Waals surface area contributed by atoms with Gasteiger partial charge in [0.1, 0.15) is 11.8 Å². The van der Waals surface area contributed by atoms with Gasteiger partial charge in [-0.2, -0.15) is 0 Å². The molecule has 6 rings (SSSR count). The van der Waals surface area contributed by atoms with Crippen LogP contribution < -0.4 is 19.9 Å². The molecule has 0 bridgehead atoms. The number of nitrogens with one attached hydrogen (secondary N) is 1. The number of nitrogens with zero attached hydrogens (tertiary/aromatic N) is 4. The predicted octanol–water partition coefficient (Wildman–Crippen LogP) is 5.20. The lowest BCUT2D eigenvalue weighted by Gasteiger charge is -2.31. The van der Waals surface area contributed by atoms with Crippen LogP contribution in [-0.4, -0.2) is 48.1 Å². The molecule has 0 radical (unpaired) electrons. The number of hydrogen-bond acceptors (Lipinski definition) is 5. The van der Waals surface area contributed by atoms with Crippen LogP contribution in [0.25, 0.3) is 5.69 Å². The van der Waals surface area contributed by atoms with Crippen molar-refractivity contribution in [3.8, 4) is 11.4 Å². The molecule has 2 aromatic carbocycles. The average molecular weight is 526 g/mol. The van der Waals surface area contributed by atoms with Crippen LogP contribution in [0.3, 0.4) is 0 Å². The Morgan fingerprint density at radius 1 is 0.895 bits per heavy atom. The molecule has 0 amide bonds. The number of rotatable bonds is 6. The molecule has 2 aliphatic heterocycles. The molecule has 2 atom stereocenters. The van der Waals surface area contributed by atoms with Crippen LogP contribution in [0.15, 0.2) is 85.1 Å². The van der Waals surface area contributed by atoms with Gasteiger partial charge in [-0.25, -0.2) is 0 Å². The average Bonchev–Trinajstić information content (AvgIpc) is 3.53. The van der Waals surface area contributed by atoms with Gasteiger partial charge in [-0.05, 0) is 91.9 Å². The SMILES string of the molecule is COc1ccc(-n2c(C)ccc2[C@H]2[C@@H](c3ccccn3)NC(=S)N2c2ccc(N3CCOCC3)cc2)cc1. The van der Waals surface area contributed by atoms with E-state index < -0.39 is 0 Å². The molecule has 8 heteroatoms. The molecule has 4 heterocycles. The number of aryl methyl sites for hydroxylation is 1. The van der Waals surface area contributed by atoms with Crippen LogP contribution in [0.4, 0.5) is 11.4 Å². The van der Waals surface area contributed by atoms with E-state index in [-0.39, 0.29) is 12.1 Å². The van der Waals surface area contributed by atoms with Gasteiger partial charge in [-0.3, -0.25) is 4.98 Å². The quantitative estimate of drug-likeness (QED) is 0.347. The standard InChI is InChI=1S/C30H31N5O2S/c1-21-6-15-27(34(21)23-11-13-25(36-2)14-12-23)29-28(26-5-3-4-16-31-26)32-30(38)35(29)24-9-7-22(8-10-24)33-17-19-37-20-18-33/h3-16,28-29H,17-20H2,1-2H3,(H,32,38)/t28-,29+/m1/s1. The molecular weight excluding hydrogens is 494 g/mol. The Balaban J connectivity index is 1.43. The van der Waals surface area contributed by atoms with Crippen molar-refractivity contribution in [1.82, 2.24) is 14.9 Å². The molecule has 2 saturated heterocycles. The number of aromatic nitrogens is 2. The van der Waals surface area contributed by atoms with E-state index in [1.165, 1.54) is 5.69 Å². The fourth-order valence-electron chi connectivity index (χ4n) is 5.45. The molecule has 7 nitrogen and oxygen atoms in total. The Morgan fingerprint density at radius 3 is 2.29 bits per heavy atom. The molecule has 2 aromatic heterocycles. The Bertz CT molecular complexity index is 1400. The third-order valence-corrected chi connectivity index (χ3v) is 7.66. The van der Waals surface area contributed by atoms with Gasteiger partial charge in [0, 0.05) is 47.7 Å². The summed E-state index contributed by atoms with van der Waals surface area (Å²) in [4.78, 5) is 9.30. The van der Waals surface area contributed by atoms with Gasteiger partial charge in [0.15, 0.2) is 5.11 Å². The van der Waals surface area contributed by atoms with E-state index in [0.717, 1.165) is 60.5 Å². The van der Waals surface area contributed by atoms with Crippen molar-refractivity contribution in [2.75, 3.05) is 43.2 Å². The van der Waals surface area contributed by atoms with E-state index in [2.05, 4.69) is 81.2 Å². The maximum absolute atomic E-state index is 5.97. The fraction of sp³-hybridized carbons (Fsp3) is 0.267. The molecule has 0 unspecified atom stereocenters. The first-order valence-electron chi connectivity index (χ1n) is 12.9. The minimum atomic E-state index is -0.117. The highest BCUT2D eigenvalue weighted by Gasteiger charge is 2.42. The molecule has 4 aromatic rings. The molecule has 2 aliphatic rings. The second kappa shape index (κ2) is 10.5. The molecule has 0 saturated carbocycles. The Labute approximate surface area is 228 Å². The lowest BCUT2D eigenvalue weighted by atomic mass is 10.0. The normalized spacial score (nSPS) is 19.5. The number of methoxy groups -OCH3 is 1. The Kier molecular flexibility index (Phi) is 6.74. The van der Waals surface area contributed by atoms with E-state index in [1.54, 1.807) is 7.11 Å². The third kappa shape index (κ3) is 4.50. The molecule has 194 valence electrons. The number of thiocarbonyl (C=S) groups is 1. The summed E-state index contributed by atoms with van der Waals surface area (Å²) >= 11 is 5.97. The molecule has 2 fully saturated rings. The topological polar surface area (TPSA) is 54.8 Å². The first kappa shape index (κ1) is 24.5. The van der Waals surface area contributed by atoms with E-state index >= 15 is 0 Å². The molecular formula is C30H31N5O2S. The van der Waals surface area contributed by atoms with Crippen LogP contribution >= 0.6 is 12.2 Å². The third-order valence-electron chi connectivity index (χ3n) is 7.34. The van der Waals surface area contributed by atoms with Gasteiger partial charge in [0.2, 0.25) is 0 Å². The lowest BCUT2D eigenvalue weighted by Crippen LogP contribution is -2.36. The summed E-state index contributed by atoms with van der Waals surface area (Å²) in [5.74, 6) is 0.831. The van der Waals surface area contributed by atoms with Crippen LogP contribution in [0.1, 0.15) is 29.2 Å². The second-order valence-electron chi connectivity index (χ2n) is 9.55. The summed E-state index contributed by atoms with van der Waals surface area (Å²) < 4.78 is 13.2. The molecule has 0 spiro atoms. The number of hydrogen-bond donors (Lipinski definition) is 1. The number of ether oxygens (including phenoxy) is 2. The first-order valence-corrected chi connectivity index (χ1v) is 13.3. The first-order chi connectivity index (χ1) is 18.6. The summed E-state index contributed by atoms with van der Waals surface area (Å²) in [5.41, 5.74) is 6.54. The van der Waals surface area contributed by atoms with Crippen molar-refractivity contribution in [3.05, 3.63) is 102 Å². The fourth-order valence-corrected chi connectivity index (χ4v) is 5.80. The predicted molar refractivity (Wildman–Crippen MR) is 154 cm³/mol. The second-order valence-corrected chi connectivity index (χ2v) is 9.93. The summed E-state index contributed by atoms with van der Waals surface area (Å²) in [6.07, 6.45) is 1.84. The zero-order valence-electron chi connectivity index (χ0n) is 21.6. The van der Waals surface area contributed by atoms with Crippen molar-refractivity contribution in [1.29, 1.82) is 0 Å². The van der Waals surface area contributed by atoms with E-state index in [1.807, 2.05) is 30.5 Å². The van der Waals surface area contributed by atoms with E-state index in [9.17, 15) is 0 Å². The maximum Gasteiger partial charge on any atom is 0.174 e. The minimum Gasteiger partial charge on any atom is -0.497 e. The maximum atomic E-state index is 5.97. The van der Waals surface area contributed by atoms with Crippen LogP contribution in [0, 0.1) is 6.92 Å². The van der Waals surface area contributed by atoms with Crippen molar-refractivity contribution >= 4 is 28.7 Å². The zero-order valence-corrected chi connectivity index (χ0v) is 22.4. The van der Waals surface area contributed by atoms with Gasteiger partial charge in [0.25, 0.3) is 0 Å². The molecule has 0 aliphatic carbocycles. The Morgan fingerprint density at radius 2 is 1.61 bits per heavy atom. The highest BCUT2D eigenvalue weighted by molar-refractivity contribution is 7.80. The summed E-state index contributed by atoms with van der Waals surface area (Å²) in [7, 11) is 1.69. The van der Waals surface area contributed by atoms with Crippen LogP contribution in [0.5, 0.6) is 5.75 Å². The number of anilines is 2. The highest BCUT2D eigenvalue weighted by Crippen LogP contribution is 2.43. The van der Waals surface area contributed by atoms with E-state index in [4.69, 9.17) is 26.7 Å². The molecule has 38 heavy (non-hydrogen) atoms. The minimum absolute atomic E-state index is 0.109. The van der Waals surface area contributed by atoms with Gasteiger partial charge < -0.3 is 29.2 Å². The molecule has 1 N–H and O–H groups in total. The van der Waals surface area contributed by atoms with Crippen LogP contribution in [0.2, 0.25) is 0 Å². The van der Waals surface area contributed by atoms with Crippen molar-refractivity contribution < 1.29 is 9.47 Å². The summed E-state index contributed by atoms with van der Waals surface area (Å²) in [6, 6.07) is 27.0. The Hall–Kier alpha value is -3.88. The summed E-state index contributed by atoms with van der Waals surface area (Å²) in [6.45, 7) is 5.46. The smallest absolute Gasteiger partial charge is 0.174 e. The van der Waals surface area contributed by atoms with Crippen molar-refractivity contribution in [2.24, 2.45) is 0 Å².